The van der Waals surface area contributed by atoms with E-state index in [1.165, 1.54) is 5.69 Å². The van der Waals surface area contributed by atoms with Gasteiger partial charge in [0.1, 0.15) is 0 Å². The number of hydrogen-bond acceptors (Lipinski definition) is 3. The zero-order chi connectivity index (χ0) is 8.39. The molecule has 0 bridgehead atoms. The maximum atomic E-state index is 9.31. The van der Waals surface area contributed by atoms with Crippen LogP contribution in [0.25, 0.3) is 0 Å². The molecule has 2 nitrogen and oxygen atoms in total. The Morgan fingerprint density at radius 2 is 2.08 bits per heavy atom. The highest BCUT2D eigenvalue weighted by atomic mass is 32.1. The first-order chi connectivity index (χ1) is 5.86. The van der Waals surface area contributed by atoms with Crippen molar-refractivity contribution in [1.29, 1.82) is 0 Å². The van der Waals surface area contributed by atoms with Gasteiger partial charge in [0.15, 0.2) is 0 Å². The second-order valence-corrected chi connectivity index (χ2v) is 4.14. The van der Waals surface area contributed by atoms with E-state index in [9.17, 15) is 5.11 Å². The van der Waals surface area contributed by atoms with Gasteiger partial charge in [-0.2, -0.15) is 0 Å². The molecule has 1 heterocycles. The smallest absolute Gasteiger partial charge is 0.0794 e. The minimum atomic E-state index is -0.0557. The molecule has 12 heavy (non-hydrogen) atoms. The molecule has 0 amide bonds. The van der Waals surface area contributed by atoms with Gasteiger partial charge in [0.25, 0.3) is 0 Å². The molecule has 1 N–H and O–H groups in total. The predicted octanol–water partition coefficient (Wildman–Crippen LogP) is 2.16. The summed E-state index contributed by atoms with van der Waals surface area (Å²) in [6, 6.07) is 0. The van der Waals surface area contributed by atoms with Crippen molar-refractivity contribution in [1.82, 2.24) is 4.98 Å². The first-order valence-electron chi connectivity index (χ1n) is 4.42. The summed E-state index contributed by atoms with van der Waals surface area (Å²) >= 11 is 1.66. The van der Waals surface area contributed by atoms with Gasteiger partial charge in [0.05, 0.1) is 17.3 Å². The van der Waals surface area contributed by atoms with Gasteiger partial charge >= 0.3 is 0 Å². The third kappa shape index (κ3) is 1.67. The summed E-state index contributed by atoms with van der Waals surface area (Å²) < 4.78 is 0. The largest absolute Gasteiger partial charge is 0.393 e. The van der Waals surface area contributed by atoms with Crippen LogP contribution in [0.2, 0.25) is 0 Å². The first kappa shape index (κ1) is 8.20. The number of aliphatic hydroxyl groups excluding tert-OH is 1. The Morgan fingerprint density at radius 3 is 2.67 bits per heavy atom. The fourth-order valence-electron chi connectivity index (χ4n) is 1.80. The molecule has 2 rings (SSSR count). The van der Waals surface area contributed by atoms with Crippen molar-refractivity contribution in [3.63, 3.8) is 0 Å². The Balaban J connectivity index is 1.99. The van der Waals surface area contributed by atoms with E-state index in [-0.39, 0.29) is 6.10 Å². The Morgan fingerprint density at radius 1 is 1.33 bits per heavy atom. The minimum absolute atomic E-state index is 0.0557. The Kier molecular flexibility index (Phi) is 2.42. The van der Waals surface area contributed by atoms with Crippen LogP contribution in [0.4, 0.5) is 0 Å². The Bertz CT molecular complexity index is 227. The summed E-state index contributed by atoms with van der Waals surface area (Å²) in [4.78, 5) is 4.30. The van der Waals surface area contributed by atoms with Crippen molar-refractivity contribution in [2.24, 2.45) is 0 Å². The maximum Gasteiger partial charge on any atom is 0.0794 e. The van der Waals surface area contributed by atoms with Gasteiger partial charge < -0.3 is 5.11 Å². The number of aromatic nitrogens is 1. The van der Waals surface area contributed by atoms with Crippen LogP contribution < -0.4 is 0 Å². The second-order valence-electron chi connectivity index (χ2n) is 3.42. The highest BCUT2D eigenvalue weighted by molar-refractivity contribution is 7.07. The average Bonchev–Trinajstić information content (AvgIpc) is 2.58. The van der Waals surface area contributed by atoms with Crippen molar-refractivity contribution < 1.29 is 5.11 Å². The molecule has 3 heteroatoms. The zero-order valence-corrected chi connectivity index (χ0v) is 7.76. The van der Waals surface area contributed by atoms with Crippen LogP contribution in [0, 0.1) is 0 Å². The van der Waals surface area contributed by atoms with Crippen LogP contribution in [-0.2, 0) is 0 Å². The average molecular weight is 183 g/mol. The normalized spacial score (nSPS) is 30.4. The van der Waals surface area contributed by atoms with Crippen LogP contribution in [0.3, 0.4) is 0 Å². The first-order valence-corrected chi connectivity index (χ1v) is 5.36. The summed E-state index contributed by atoms with van der Waals surface area (Å²) in [5.41, 5.74) is 3.12. The molecule has 1 fully saturated rings. The summed E-state index contributed by atoms with van der Waals surface area (Å²) in [5, 5.41) is 11.4. The molecule has 1 aromatic rings. The van der Waals surface area contributed by atoms with Crippen molar-refractivity contribution in [3.05, 3.63) is 16.6 Å². The molecule has 1 aromatic heterocycles. The molecular formula is C9H13NOS. The lowest BCUT2D eigenvalue weighted by Gasteiger charge is -2.23. The predicted molar refractivity (Wildman–Crippen MR) is 49.3 cm³/mol. The lowest BCUT2D eigenvalue weighted by Crippen LogP contribution is -2.16. The topological polar surface area (TPSA) is 33.1 Å². The SMILES string of the molecule is OC1CCC(c2cscn2)CC1. The number of hydrogen-bond donors (Lipinski definition) is 1. The highest BCUT2D eigenvalue weighted by Crippen LogP contribution is 2.32. The van der Waals surface area contributed by atoms with E-state index in [2.05, 4.69) is 10.4 Å². The van der Waals surface area contributed by atoms with Gasteiger partial charge in [-0.15, -0.1) is 11.3 Å². The van der Waals surface area contributed by atoms with Crippen LogP contribution >= 0.6 is 11.3 Å². The molecule has 0 aromatic carbocycles. The minimum Gasteiger partial charge on any atom is -0.393 e. The van der Waals surface area contributed by atoms with Crippen molar-refractivity contribution in [3.8, 4) is 0 Å². The van der Waals surface area contributed by atoms with E-state index in [0.717, 1.165) is 25.7 Å². The zero-order valence-electron chi connectivity index (χ0n) is 6.94. The molecule has 1 saturated carbocycles. The number of rotatable bonds is 1. The van der Waals surface area contributed by atoms with E-state index in [1.54, 1.807) is 11.3 Å². The summed E-state index contributed by atoms with van der Waals surface area (Å²) in [7, 11) is 0. The van der Waals surface area contributed by atoms with E-state index in [1.807, 2.05) is 5.51 Å². The fourth-order valence-corrected chi connectivity index (χ4v) is 2.43. The molecule has 0 atom stereocenters. The molecule has 0 spiro atoms. The van der Waals surface area contributed by atoms with Gasteiger partial charge in [-0.05, 0) is 25.7 Å². The molecule has 66 valence electrons. The van der Waals surface area contributed by atoms with E-state index in [0.29, 0.717) is 5.92 Å². The summed E-state index contributed by atoms with van der Waals surface area (Å²) in [5.74, 6) is 0.611. The Labute approximate surface area is 76.3 Å². The lowest BCUT2D eigenvalue weighted by molar-refractivity contribution is 0.122. The van der Waals surface area contributed by atoms with Crippen molar-refractivity contribution >= 4 is 11.3 Å². The lowest BCUT2D eigenvalue weighted by atomic mass is 9.86. The van der Waals surface area contributed by atoms with Gasteiger partial charge in [-0.25, -0.2) is 4.98 Å². The molecule has 0 unspecified atom stereocenters. The highest BCUT2D eigenvalue weighted by Gasteiger charge is 2.21. The van der Waals surface area contributed by atoms with Gasteiger partial charge in [0, 0.05) is 11.3 Å². The van der Waals surface area contributed by atoms with Gasteiger partial charge in [-0.3, -0.25) is 0 Å². The third-order valence-corrected chi connectivity index (χ3v) is 3.17. The molecule has 0 radical (unpaired) electrons. The second kappa shape index (κ2) is 3.54. The monoisotopic (exact) mass is 183 g/mol. The van der Waals surface area contributed by atoms with Crippen LogP contribution in [0.15, 0.2) is 10.9 Å². The van der Waals surface area contributed by atoms with Crippen molar-refractivity contribution in [2.75, 3.05) is 0 Å². The van der Waals surface area contributed by atoms with Crippen LogP contribution in [-0.4, -0.2) is 16.2 Å². The van der Waals surface area contributed by atoms with E-state index < -0.39 is 0 Å². The molecule has 1 aliphatic rings. The van der Waals surface area contributed by atoms with E-state index >= 15 is 0 Å². The molecule has 1 aliphatic carbocycles. The summed E-state index contributed by atoms with van der Waals surface area (Å²) in [6.07, 6.45) is 4.04. The Hall–Kier alpha value is -0.410. The fraction of sp³-hybridized carbons (Fsp3) is 0.667. The van der Waals surface area contributed by atoms with Gasteiger partial charge in [0.2, 0.25) is 0 Å². The maximum absolute atomic E-state index is 9.31. The third-order valence-electron chi connectivity index (χ3n) is 2.57. The molecule has 0 aliphatic heterocycles. The number of aliphatic hydroxyl groups is 1. The number of nitrogens with zero attached hydrogens (tertiary/aromatic N) is 1. The van der Waals surface area contributed by atoms with Crippen molar-refractivity contribution in [2.45, 2.75) is 37.7 Å². The van der Waals surface area contributed by atoms with Crippen LogP contribution in [0.5, 0.6) is 0 Å². The standard InChI is InChI=1S/C9H13NOS/c11-8-3-1-7(2-4-8)9-5-12-6-10-9/h5-8,11H,1-4H2. The van der Waals surface area contributed by atoms with Gasteiger partial charge in [-0.1, -0.05) is 0 Å². The number of thiazole rings is 1. The molecular weight excluding hydrogens is 170 g/mol. The van der Waals surface area contributed by atoms with E-state index in [4.69, 9.17) is 0 Å². The van der Waals surface area contributed by atoms with Crippen LogP contribution in [0.1, 0.15) is 37.3 Å². The quantitative estimate of drug-likeness (QED) is 0.723. The summed E-state index contributed by atoms with van der Waals surface area (Å²) in [6.45, 7) is 0. The molecule has 0 saturated heterocycles.